The van der Waals surface area contributed by atoms with Crippen molar-refractivity contribution >= 4 is 22.8 Å². The van der Waals surface area contributed by atoms with E-state index in [0.29, 0.717) is 23.6 Å². The topological polar surface area (TPSA) is 81.9 Å². The molecule has 0 radical (unpaired) electrons. The van der Waals surface area contributed by atoms with Crippen LogP contribution >= 0.6 is 0 Å². The molecule has 2 rings (SSSR count). The summed E-state index contributed by atoms with van der Waals surface area (Å²) >= 11 is 0. The molecule has 0 saturated carbocycles. The maximum Gasteiger partial charge on any atom is 0.243 e. The second-order valence-corrected chi connectivity index (χ2v) is 7.06. The Morgan fingerprint density at radius 3 is 2.45 bits per heavy atom. The van der Waals surface area contributed by atoms with Crippen molar-refractivity contribution in [2.45, 2.75) is 51.9 Å². The van der Waals surface area contributed by atoms with E-state index in [0.717, 1.165) is 50.7 Å². The highest BCUT2D eigenvalue weighted by molar-refractivity contribution is 5.88. The average Bonchev–Trinajstić information content (AvgIpc) is 2.74. The van der Waals surface area contributed by atoms with Gasteiger partial charge in [-0.05, 0) is 25.0 Å². The summed E-state index contributed by atoms with van der Waals surface area (Å²) < 4.78 is 0. The number of hydrogen-bond acceptors (Lipinski definition) is 5. The molecule has 1 amide bonds. The Kier molecular flexibility index (Phi) is 9.10. The Bertz CT molecular complexity index is 858. The van der Waals surface area contributed by atoms with Gasteiger partial charge in [0.25, 0.3) is 0 Å². The Balaban J connectivity index is 2.53. The lowest BCUT2D eigenvalue weighted by molar-refractivity contribution is -0.121. The van der Waals surface area contributed by atoms with Crippen LogP contribution in [0.1, 0.15) is 57.6 Å². The van der Waals surface area contributed by atoms with Crippen LogP contribution in [0.25, 0.3) is 11.0 Å². The van der Waals surface area contributed by atoms with E-state index < -0.39 is 5.92 Å². The third-order valence-electron chi connectivity index (χ3n) is 4.78. The quantitative estimate of drug-likeness (QED) is 0.428. The molecule has 6 nitrogen and oxygen atoms in total. The number of carbonyl (C=O) groups excluding carboxylic acids is 1. The van der Waals surface area contributed by atoms with Crippen LogP contribution in [0.5, 0.6) is 0 Å². The fourth-order valence-corrected chi connectivity index (χ4v) is 3.17. The number of benzene rings is 1. The Labute approximate surface area is 173 Å². The molecule has 0 fully saturated rings. The van der Waals surface area contributed by atoms with Crippen LogP contribution in [0.4, 0.5) is 5.82 Å². The zero-order valence-corrected chi connectivity index (χ0v) is 17.5. The van der Waals surface area contributed by atoms with E-state index in [-0.39, 0.29) is 5.91 Å². The fraction of sp³-hybridized carbons (Fsp3) is 0.478. The summed E-state index contributed by atoms with van der Waals surface area (Å²) in [6, 6.07) is 9.72. The standard InChI is InChI=1S/C23H31N5O/c1-4-7-11-16-28(15-8-5-2)22-21(18(17-24)23(29)25-14-6-3)26-19-12-9-10-13-20(19)27-22/h6,9-10,12-13,18H,3-5,7-8,11,14-16H2,1-2H3,(H,25,29)/t18-/m0/s1. The normalized spacial score (nSPS) is 11.6. The van der Waals surface area contributed by atoms with Crippen molar-refractivity contribution in [2.75, 3.05) is 24.5 Å². The van der Waals surface area contributed by atoms with E-state index in [1.54, 1.807) is 6.08 Å². The van der Waals surface area contributed by atoms with Crippen LogP contribution in [0.15, 0.2) is 36.9 Å². The van der Waals surface area contributed by atoms with Gasteiger partial charge in [-0.25, -0.2) is 9.97 Å². The lowest BCUT2D eigenvalue weighted by atomic mass is 10.0. The number of fused-ring (bicyclic) bond motifs is 1. The number of anilines is 1. The summed E-state index contributed by atoms with van der Waals surface area (Å²) in [5, 5.41) is 12.5. The largest absolute Gasteiger partial charge is 0.355 e. The van der Waals surface area contributed by atoms with Gasteiger partial charge in [0, 0.05) is 19.6 Å². The fourth-order valence-electron chi connectivity index (χ4n) is 3.17. The van der Waals surface area contributed by atoms with Crippen molar-refractivity contribution in [3.63, 3.8) is 0 Å². The Morgan fingerprint density at radius 2 is 1.83 bits per heavy atom. The van der Waals surface area contributed by atoms with E-state index in [9.17, 15) is 10.1 Å². The number of rotatable bonds is 12. The minimum absolute atomic E-state index is 0.309. The van der Waals surface area contributed by atoms with Crippen LogP contribution in [-0.4, -0.2) is 35.5 Å². The zero-order chi connectivity index (χ0) is 21.1. The summed E-state index contributed by atoms with van der Waals surface area (Å²) in [6.45, 7) is 9.91. The minimum Gasteiger partial charge on any atom is -0.355 e. The molecule has 154 valence electrons. The number of nitrogens with one attached hydrogen (secondary N) is 1. The van der Waals surface area contributed by atoms with Gasteiger partial charge >= 0.3 is 0 Å². The molecule has 0 saturated heterocycles. The molecule has 0 aliphatic rings. The number of para-hydroxylation sites is 2. The summed E-state index contributed by atoms with van der Waals surface area (Å²) in [7, 11) is 0. The number of hydrogen-bond donors (Lipinski definition) is 1. The summed E-state index contributed by atoms with van der Waals surface area (Å²) in [5.41, 5.74) is 1.89. The minimum atomic E-state index is -1.02. The van der Waals surface area contributed by atoms with E-state index in [1.165, 1.54) is 0 Å². The molecule has 0 aliphatic heterocycles. The molecule has 29 heavy (non-hydrogen) atoms. The van der Waals surface area contributed by atoms with Crippen molar-refractivity contribution in [2.24, 2.45) is 0 Å². The van der Waals surface area contributed by atoms with Gasteiger partial charge in [-0.2, -0.15) is 5.26 Å². The molecular formula is C23H31N5O. The SMILES string of the molecule is C=CCNC(=O)[C@@H](C#N)c1nc2ccccc2nc1N(CCCC)CCCCC. The van der Waals surface area contributed by atoms with E-state index in [2.05, 4.69) is 36.7 Å². The van der Waals surface area contributed by atoms with Gasteiger partial charge in [0.2, 0.25) is 5.91 Å². The predicted molar refractivity (Wildman–Crippen MR) is 118 cm³/mol. The van der Waals surface area contributed by atoms with Crippen LogP contribution in [-0.2, 0) is 4.79 Å². The highest BCUT2D eigenvalue weighted by Gasteiger charge is 2.28. The first-order valence-electron chi connectivity index (χ1n) is 10.5. The van der Waals surface area contributed by atoms with Crippen molar-refractivity contribution in [1.82, 2.24) is 15.3 Å². The van der Waals surface area contributed by atoms with Crippen LogP contribution in [0.3, 0.4) is 0 Å². The molecule has 1 atom stereocenters. The van der Waals surface area contributed by atoms with E-state index in [1.807, 2.05) is 24.3 Å². The van der Waals surface area contributed by atoms with Gasteiger partial charge in [0.05, 0.1) is 17.1 Å². The maximum atomic E-state index is 12.7. The first kappa shape index (κ1) is 22.4. The number of amides is 1. The molecule has 0 bridgehead atoms. The number of aromatic nitrogens is 2. The molecule has 1 aromatic carbocycles. The molecule has 0 aliphatic carbocycles. The molecule has 1 aromatic heterocycles. The molecule has 6 heteroatoms. The van der Waals surface area contributed by atoms with Crippen molar-refractivity contribution in [1.29, 1.82) is 5.26 Å². The molecule has 1 heterocycles. The number of carbonyl (C=O) groups is 1. The lowest BCUT2D eigenvalue weighted by Gasteiger charge is -2.27. The molecular weight excluding hydrogens is 362 g/mol. The van der Waals surface area contributed by atoms with Crippen molar-refractivity contribution in [3.05, 3.63) is 42.6 Å². The van der Waals surface area contributed by atoms with Crippen LogP contribution < -0.4 is 10.2 Å². The number of nitrogens with zero attached hydrogens (tertiary/aromatic N) is 4. The number of unbranched alkanes of at least 4 members (excludes halogenated alkanes) is 3. The monoisotopic (exact) mass is 393 g/mol. The van der Waals surface area contributed by atoms with Crippen molar-refractivity contribution in [3.8, 4) is 6.07 Å². The third kappa shape index (κ3) is 6.02. The van der Waals surface area contributed by atoms with Gasteiger partial charge in [0.15, 0.2) is 11.7 Å². The second-order valence-electron chi connectivity index (χ2n) is 7.06. The second kappa shape index (κ2) is 11.8. The van der Waals surface area contributed by atoms with Crippen LogP contribution in [0.2, 0.25) is 0 Å². The molecule has 1 N–H and O–H groups in total. The van der Waals surface area contributed by atoms with Gasteiger partial charge in [-0.3, -0.25) is 4.79 Å². The van der Waals surface area contributed by atoms with Crippen molar-refractivity contribution < 1.29 is 4.79 Å². The Morgan fingerprint density at radius 1 is 1.17 bits per heavy atom. The van der Waals surface area contributed by atoms with Gasteiger partial charge in [0.1, 0.15) is 5.69 Å². The molecule has 0 unspecified atom stereocenters. The van der Waals surface area contributed by atoms with E-state index >= 15 is 0 Å². The molecule has 0 spiro atoms. The van der Waals surface area contributed by atoms with Crippen LogP contribution in [0, 0.1) is 11.3 Å². The Hall–Kier alpha value is -2.94. The predicted octanol–water partition coefficient (Wildman–Crippen LogP) is 4.34. The average molecular weight is 394 g/mol. The lowest BCUT2D eigenvalue weighted by Crippen LogP contribution is -2.33. The first-order valence-corrected chi connectivity index (χ1v) is 10.5. The third-order valence-corrected chi connectivity index (χ3v) is 4.78. The summed E-state index contributed by atoms with van der Waals surface area (Å²) in [6.07, 6.45) is 6.96. The van der Waals surface area contributed by atoms with Gasteiger partial charge in [-0.15, -0.1) is 6.58 Å². The molecule has 2 aromatic rings. The zero-order valence-electron chi connectivity index (χ0n) is 17.5. The maximum absolute atomic E-state index is 12.7. The van der Waals surface area contributed by atoms with Gasteiger partial charge < -0.3 is 10.2 Å². The summed E-state index contributed by atoms with van der Waals surface area (Å²) in [5.74, 6) is -0.742. The van der Waals surface area contributed by atoms with E-state index in [4.69, 9.17) is 9.97 Å². The smallest absolute Gasteiger partial charge is 0.243 e. The highest BCUT2D eigenvalue weighted by Crippen LogP contribution is 2.28. The first-order chi connectivity index (χ1) is 14.2. The highest BCUT2D eigenvalue weighted by atomic mass is 16.1. The van der Waals surface area contributed by atoms with Gasteiger partial charge in [-0.1, -0.05) is 51.3 Å². The number of nitriles is 1. The summed E-state index contributed by atoms with van der Waals surface area (Å²) in [4.78, 5) is 24.4.